The van der Waals surface area contributed by atoms with E-state index < -0.39 is 18.2 Å². The van der Waals surface area contributed by atoms with E-state index >= 15 is 0 Å². The Bertz CT molecular complexity index is 1100. The average molecular weight is 507 g/mol. The largest absolute Gasteiger partial charge is 0.494 e. The van der Waals surface area contributed by atoms with Gasteiger partial charge in [0.2, 0.25) is 6.29 Å². The second-order valence-corrected chi connectivity index (χ2v) is 8.53. The summed E-state index contributed by atoms with van der Waals surface area (Å²) in [6, 6.07) is 14.5. The molecule has 1 aliphatic carbocycles. The fourth-order valence-electron chi connectivity index (χ4n) is 3.58. The van der Waals surface area contributed by atoms with Gasteiger partial charge >= 0.3 is 11.9 Å². The second kappa shape index (κ2) is 14.7. The predicted octanol–water partition coefficient (Wildman–Crippen LogP) is 5.95. The first-order valence-corrected chi connectivity index (χ1v) is 12.6. The van der Waals surface area contributed by atoms with Gasteiger partial charge in [-0.15, -0.1) is 0 Å². The number of aliphatic hydroxyl groups excluding tert-OH is 1. The van der Waals surface area contributed by atoms with Gasteiger partial charge in [0.1, 0.15) is 17.3 Å². The Balaban J connectivity index is 1.39. The number of hydrogen-bond donors (Lipinski definition) is 1. The van der Waals surface area contributed by atoms with E-state index in [9.17, 15) is 14.7 Å². The molecule has 0 amide bonds. The number of allylic oxidation sites excluding steroid dienone is 4. The fraction of sp³-hybridized carbons (Fsp3) is 0.333. The summed E-state index contributed by atoms with van der Waals surface area (Å²) < 4.78 is 21.8. The number of carbonyl (C=O) groups excluding carboxylic acids is 2. The van der Waals surface area contributed by atoms with Crippen LogP contribution in [0.5, 0.6) is 5.75 Å². The first kappa shape index (κ1) is 27.7. The number of carbonyl (C=O) groups is 2. The third-order valence-corrected chi connectivity index (χ3v) is 5.79. The molecule has 7 heteroatoms. The molecular weight excluding hydrogens is 472 g/mol. The lowest BCUT2D eigenvalue weighted by atomic mass is 10.1. The van der Waals surface area contributed by atoms with E-state index in [0.29, 0.717) is 54.5 Å². The van der Waals surface area contributed by atoms with Gasteiger partial charge in [0.15, 0.2) is 0 Å². The number of ether oxygens (including phenoxy) is 4. The second-order valence-electron chi connectivity index (χ2n) is 8.53. The molecule has 2 aromatic rings. The van der Waals surface area contributed by atoms with Gasteiger partial charge in [-0.3, -0.25) is 0 Å². The number of esters is 2. The summed E-state index contributed by atoms with van der Waals surface area (Å²) >= 11 is 0. The third-order valence-electron chi connectivity index (χ3n) is 5.79. The van der Waals surface area contributed by atoms with Crippen LogP contribution in [-0.4, -0.2) is 30.3 Å². The molecule has 1 N–H and O–H groups in total. The van der Waals surface area contributed by atoms with E-state index in [2.05, 4.69) is 13.5 Å². The maximum absolute atomic E-state index is 12.5. The summed E-state index contributed by atoms with van der Waals surface area (Å²) in [5.41, 5.74) is 2.31. The lowest BCUT2D eigenvalue weighted by Gasteiger charge is -2.19. The van der Waals surface area contributed by atoms with Crippen molar-refractivity contribution in [2.24, 2.45) is 0 Å². The van der Waals surface area contributed by atoms with Crippen LogP contribution in [0.25, 0.3) is 0 Å². The Morgan fingerprint density at radius 1 is 0.946 bits per heavy atom. The Labute approximate surface area is 218 Å². The maximum atomic E-state index is 12.5. The standard InChI is InChI=1S/C30H34O7/c1-3-22-8-10-23(11-9-22)29(32)36-26-16-18-27(19-17-26)37-30(33)24-12-14-25(15-13-24)34-20-6-5-7-21-35-28(31)4-2/h4,8-16,18,29,32H,2-3,5-7,17,19-21H2,1H3. The molecule has 1 aliphatic rings. The number of unbranched alkanes of at least 4 members (excludes halogenated alkanes) is 2. The Morgan fingerprint density at radius 2 is 1.62 bits per heavy atom. The summed E-state index contributed by atoms with van der Waals surface area (Å²) in [5, 5.41) is 10.3. The van der Waals surface area contributed by atoms with E-state index in [0.717, 1.165) is 31.8 Å². The maximum Gasteiger partial charge on any atom is 0.343 e. The van der Waals surface area contributed by atoms with Crippen molar-refractivity contribution in [1.29, 1.82) is 0 Å². The van der Waals surface area contributed by atoms with E-state index in [4.69, 9.17) is 18.9 Å². The van der Waals surface area contributed by atoms with Gasteiger partial charge in [-0.1, -0.05) is 37.8 Å². The van der Waals surface area contributed by atoms with Crippen LogP contribution in [0.1, 0.15) is 66.8 Å². The van der Waals surface area contributed by atoms with Crippen LogP contribution in [0.4, 0.5) is 0 Å². The van der Waals surface area contributed by atoms with Gasteiger partial charge in [0, 0.05) is 24.5 Å². The first-order chi connectivity index (χ1) is 18.0. The van der Waals surface area contributed by atoms with Crippen molar-refractivity contribution >= 4 is 11.9 Å². The molecule has 0 spiro atoms. The summed E-state index contributed by atoms with van der Waals surface area (Å²) in [6.45, 7) is 6.33. The van der Waals surface area contributed by atoms with Gasteiger partial charge in [0.05, 0.1) is 18.8 Å². The third kappa shape index (κ3) is 9.28. The lowest BCUT2D eigenvalue weighted by molar-refractivity contribution is -0.137. The van der Waals surface area contributed by atoms with Crippen LogP contribution in [-0.2, 0) is 25.4 Å². The quantitative estimate of drug-likeness (QED) is 0.146. The number of aliphatic hydroxyl groups is 1. The fourth-order valence-corrected chi connectivity index (χ4v) is 3.58. The van der Waals surface area contributed by atoms with Crippen molar-refractivity contribution in [2.75, 3.05) is 13.2 Å². The molecule has 0 saturated carbocycles. The van der Waals surface area contributed by atoms with Crippen LogP contribution in [0.2, 0.25) is 0 Å². The molecule has 0 aliphatic heterocycles. The zero-order chi connectivity index (χ0) is 26.5. The Hall–Kier alpha value is -3.84. The molecular formula is C30H34O7. The summed E-state index contributed by atoms with van der Waals surface area (Å²) in [5.74, 6) is 0.984. The molecule has 0 fully saturated rings. The van der Waals surface area contributed by atoms with Gasteiger partial charge in [-0.05, 0) is 67.7 Å². The van der Waals surface area contributed by atoms with Gasteiger partial charge < -0.3 is 24.1 Å². The number of rotatable bonds is 14. The minimum Gasteiger partial charge on any atom is -0.494 e. The van der Waals surface area contributed by atoms with Crippen molar-refractivity contribution in [2.45, 2.75) is 51.7 Å². The number of benzene rings is 2. The molecule has 0 radical (unpaired) electrons. The SMILES string of the molecule is C=CC(=O)OCCCCCOc1ccc(C(=O)OC2=CC=C(OC(O)c3ccc(CC)cc3)CC2)cc1. The minimum atomic E-state index is -1.04. The molecule has 196 valence electrons. The molecule has 2 aromatic carbocycles. The summed E-state index contributed by atoms with van der Waals surface area (Å²) in [7, 11) is 0. The molecule has 0 aromatic heterocycles. The van der Waals surface area contributed by atoms with Crippen LogP contribution < -0.4 is 4.74 Å². The van der Waals surface area contributed by atoms with Crippen LogP contribution >= 0.6 is 0 Å². The summed E-state index contributed by atoms with van der Waals surface area (Å²) in [4.78, 5) is 23.5. The Morgan fingerprint density at radius 3 is 2.27 bits per heavy atom. The van der Waals surface area contributed by atoms with Crippen molar-refractivity contribution in [3.63, 3.8) is 0 Å². The first-order valence-electron chi connectivity index (χ1n) is 12.6. The van der Waals surface area contributed by atoms with E-state index in [1.165, 1.54) is 5.56 Å². The van der Waals surface area contributed by atoms with Crippen LogP contribution in [0, 0.1) is 0 Å². The molecule has 0 bridgehead atoms. The van der Waals surface area contributed by atoms with Gasteiger partial charge in [-0.25, -0.2) is 9.59 Å². The molecule has 0 heterocycles. The molecule has 0 saturated heterocycles. The van der Waals surface area contributed by atoms with Crippen molar-refractivity contribution < 1.29 is 33.6 Å². The molecule has 37 heavy (non-hydrogen) atoms. The smallest absolute Gasteiger partial charge is 0.343 e. The number of aryl methyl sites for hydroxylation is 1. The lowest BCUT2D eigenvalue weighted by Crippen LogP contribution is -2.09. The van der Waals surface area contributed by atoms with Gasteiger partial charge in [0.25, 0.3) is 0 Å². The predicted molar refractivity (Wildman–Crippen MR) is 140 cm³/mol. The van der Waals surface area contributed by atoms with E-state index in [1.807, 2.05) is 24.3 Å². The molecule has 7 nitrogen and oxygen atoms in total. The van der Waals surface area contributed by atoms with Crippen LogP contribution in [0.3, 0.4) is 0 Å². The van der Waals surface area contributed by atoms with Gasteiger partial charge in [-0.2, -0.15) is 0 Å². The van der Waals surface area contributed by atoms with Crippen molar-refractivity contribution in [3.8, 4) is 5.75 Å². The normalized spacial score (nSPS) is 13.6. The average Bonchev–Trinajstić information content (AvgIpc) is 2.93. The highest BCUT2D eigenvalue weighted by Crippen LogP contribution is 2.26. The van der Waals surface area contributed by atoms with Crippen molar-refractivity contribution in [3.05, 3.63) is 102 Å². The summed E-state index contributed by atoms with van der Waals surface area (Å²) in [6.07, 6.45) is 7.93. The molecule has 1 unspecified atom stereocenters. The van der Waals surface area contributed by atoms with Crippen molar-refractivity contribution in [1.82, 2.24) is 0 Å². The van der Waals surface area contributed by atoms with E-state index in [1.54, 1.807) is 36.4 Å². The van der Waals surface area contributed by atoms with E-state index in [-0.39, 0.29) is 0 Å². The minimum absolute atomic E-state index is 0.373. The highest BCUT2D eigenvalue weighted by molar-refractivity contribution is 5.90. The highest BCUT2D eigenvalue weighted by atomic mass is 16.6. The molecule has 3 rings (SSSR count). The monoisotopic (exact) mass is 506 g/mol. The highest BCUT2D eigenvalue weighted by Gasteiger charge is 2.17. The number of hydrogen-bond acceptors (Lipinski definition) is 7. The topological polar surface area (TPSA) is 91.3 Å². The zero-order valence-electron chi connectivity index (χ0n) is 21.2. The Kier molecular flexibility index (Phi) is 11.0. The molecule has 1 atom stereocenters. The zero-order valence-corrected chi connectivity index (χ0v) is 21.2. The van der Waals surface area contributed by atoms with Crippen LogP contribution in [0.15, 0.2) is 84.9 Å².